The predicted octanol–water partition coefficient (Wildman–Crippen LogP) is 1.12. The van der Waals surface area contributed by atoms with Crippen LogP contribution in [0, 0.1) is 0 Å². The van der Waals surface area contributed by atoms with Gasteiger partial charge in [-0.1, -0.05) is 18.2 Å². The number of sulfonamides is 1. The number of amides is 1. The third-order valence-electron chi connectivity index (χ3n) is 3.78. The second-order valence-corrected chi connectivity index (χ2v) is 7.26. The lowest BCUT2D eigenvalue weighted by Crippen LogP contribution is -2.46. The Bertz CT molecular complexity index is 596. The molecule has 6 heteroatoms. The number of carbonyl (C=O) groups excluding carboxylic acids is 1. The van der Waals surface area contributed by atoms with E-state index in [0.29, 0.717) is 13.0 Å². The number of rotatable bonds is 4. The number of nitrogens with zero attached hydrogens (tertiary/aromatic N) is 1. The SMILES string of the molecule is O=C(NC1CC1)[C@H]1CCCN1S(=O)(=O)c1ccccc1. The molecule has 0 radical (unpaired) electrons. The summed E-state index contributed by atoms with van der Waals surface area (Å²) < 4.78 is 26.5. The lowest BCUT2D eigenvalue weighted by atomic mass is 10.2. The average Bonchev–Trinajstić information content (AvgIpc) is 3.11. The van der Waals surface area contributed by atoms with Gasteiger partial charge in [-0.25, -0.2) is 8.42 Å². The molecular formula is C14H18N2O3S. The zero-order chi connectivity index (χ0) is 14.2. The van der Waals surface area contributed by atoms with Gasteiger partial charge < -0.3 is 5.32 Å². The fourth-order valence-electron chi connectivity index (χ4n) is 2.54. The van der Waals surface area contributed by atoms with Crippen LogP contribution in [0.2, 0.25) is 0 Å². The topological polar surface area (TPSA) is 66.5 Å². The Morgan fingerprint density at radius 2 is 1.85 bits per heavy atom. The van der Waals surface area contributed by atoms with E-state index in [9.17, 15) is 13.2 Å². The minimum Gasteiger partial charge on any atom is -0.352 e. The van der Waals surface area contributed by atoms with Gasteiger partial charge in [0, 0.05) is 12.6 Å². The second-order valence-electron chi connectivity index (χ2n) is 5.37. The second kappa shape index (κ2) is 5.18. The first-order valence-electron chi connectivity index (χ1n) is 6.96. The van der Waals surface area contributed by atoms with E-state index < -0.39 is 16.1 Å². The van der Waals surface area contributed by atoms with Gasteiger partial charge in [-0.05, 0) is 37.8 Å². The summed E-state index contributed by atoms with van der Waals surface area (Å²) >= 11 is 0. The predicted molar refractivity (Wildman–Crippen MR) is 74.5 cm³/mol. The van der Waals surface area contributed by atoms with E-state index in [-0.39, 0.29) is 16.8 Å². The summed E-state index contributed by atoms with van der Waals surface area (Å²) in [5, 5.41) is 2.90. The largest absolute Gasteiger partial charge is 0.352 e. The van der Waals surface area contributed by atoms with Gasteiger partial charge in [-0.15, -0.1) is 0 Å². The molecule has 1 atom stereocenters. The van der Waals surface area contributed by atoms with Gasteiger partial charge in [0.25, 0.3) is 0 Å². The minimum atomic E-state index is -3.58. The minimum absolute atomic E-state index is 0.149. The summed E-state index contributed by atoms with van der Waals surface area (Å²) in [6, 6.07) is 8.02. The molecule has 0 bridgehead atoms. The fraction of sp³-hybridized carbons (Fsp3) is 0.500. The van der Waals surface area contributed by atoms with Crippen LogP contribution in [0.1, 0.15) is 25.7 Å². The van der Waals surface area contributed by atoms with Crippen molar-refractivity contribution in [2.75, 3.05) is 6.54 Å². The molecule has 1 heterocycles. The quantitative estimate of drug-likeness (QED) is 0.905. The normalized spacial score (nSPS) is 23.7. The summed E-state index contributed by atoms with van der Waals surface area (Å²) in [5.41, 5.74) is 0. The molecule has 1 amide bonds. The Morgan fingerprint density at radius 3 is 2.50 bits per heavy atom. The van der Waals surface area contributed by atoms with E-state index in [0.717, 1.165) is 19.3 Å². The molecule has 0 spiro atoms. The Morgan fingerprint density at radius 1 is 1.15 bits per heavy atom. The lowest BCUT2D eigenvalue weighted by molar-refractivity contribution is -0.124. The van der Waals surface area contributed by atoms with Gasteiger partial charge in [0.2, 0.25) is 15.9 Å². The highest BCUT2D eigenvalue weighted by Gasteiger charge is 2.40. The molecule has 1 saturated heterocycles. The number of hydrogen-bond acceptors (Lipinski definition) is 3. The molecule has 2 fully saturated rings. The third kappa shape index (κ3) is 2.58. The first kappa shape index (κ1) is 13.6. The molecule has 0 unspecified atom stereocenters. The highest BCUT2D eigenvalue weighted by molar-refractivity contribution is 7.89. The number of hydrogen-bond donors (Lipinski definition) is 1. The Kier molecular flexibility index (Phi) is 3.52. The maximum Gasteiger partial charge on any atom is 0.243 e. The number of nitrogens with one attached hydrogen (secondary N) is 1. The summed E-state index contributed by atoms with van der Waals surface area (Å²) in [7, 11) is -3.58. The molecule has 1 aromatic rings. The maximum absolute atomic E-state index is 12.6. The standard InChI is InChI=1S/C14H18N2O3S/c17-14(15-11-8-9-11)13-7-4-10-16(13)20(18,19)12-5-2-1-3-6-12/h1-3,5-6,11,13H,4,7-10H2,(H,15,17)/t13-/m1/s1. The Balaban J connectivity index is 1.82. The van der Waals surface area contributed by atoms with Crippen LogP contribution in [0.25, 0.3) is 0 Å². The van der Waals surface area contributed by atoms with Crippen molar-refractivity contribution in [3.8, 4) is 0 Å². The van der Waals surface area contributed by atoms with Gasteiger partial charge in [-0.2, -0.15) is 4.31 Å². The maximum atomic E-state index is 12.6. The van der Waals surface area contributed by atoms with Crippen molar-refractivity contribution in [3.05, 3.63) is 30.3 Å². The van der Waals surface area contributed by atoms with Gasteiger partial charge in [-0.3, -0.25) is 4.79 Å². The van der Waals surface area contributed by atoms with Gasteiger partial charge in [0.1, 0.15) is 6.04 Å². The molecule has 1 aliphatic carbocycles. The van der Waals surface area contributed by atoms with E-state index in [1.807, 2.05) is 0 Å². The van der Waals surface area contributed by atoms with E-state index >= 15 is 0 Å². The van der Waals surface area contributed by atoms with Crippen LogP contribution in [0.4, 0.5) is 0 Å². The molecule has 1 aliphatic heterocycles. The van der Waals surface area contributed by atoms with Crippen molar-refractivity contribution in [2.45, 2.75) is 42.7 Å². The van der Waals surface area contributed by atoms with Crippen LogP contribution < -0.4 is 5.32 Å². The molecule has 3 rings (SSSR count). The molecule has 0 aromatic heterocycles. The summed E-state index contributed by atoms with van der Waals surface area (Å²) in [5.74, 6) is -0.149. The monoisotopic (exact) mass is 294 g/mol. The molecule has 1 aromatic carbocycles. The number of benzene rings is 1. The van der Waals surface area contributed by atoms with Gasteiger partial charge >= 0.3 is 0 Å². The van der Waals surface area contributed by atoms with Crippen LogP contribution in [0.3, 0.4) is 0 Å². The van der Waals surface area contributed by atoms with Crippen molar-refractivity contribution < 1.29 is 13.2 Å². The van der Waals surface area contributed by atoms with Crippen molar-refractivity contribution in [3.63, 3.8) is 0 Å². The Labute approximate surface area is 119 Å². The van der Waals surface area contributed by atoms with Crippen LogP contribution in [-0.4, -0.2) is 37.3 Å². The lowest BCUT2D eigenvalue weighted by Gasteiger charge is -2.23. The first-order chi connectivity index (χ1) is 9.59. The molecule has 1 N–H and O–H groups in total. The van der Waals surface area contributed by atoms with Gasteiger partial charge in [0.15, 0.2) is 0 Å². The third-order valence-corrected chi connectivity index (χ3v) is 5.70. The highest BCUT2D eigenvalue weighted by Crippen LogP contribution is 2.27. The molecule has 1 saturated carbocycles. The zero-order valence-electron chi connectivity index (χ0n) is 11.2. The molecule has 5 nitrogen and oxygen atoms in total. The van der Waals surface area contributed by atoms with Crippen molar-refractivity contribution in [1.82, 2.24) is 9.62 Å². The average molecular weight is 294 g/mol. The van der Waals surface area contributed by atoms with Crippen molar-refractivity contribution in [1.29, 1.82) is 0 Å². The summed E-state index contributed by atoms with van der Waals surface area (Å²) in [6.45, 7) is 0.417. The van der Waals surface area contributed by atoms with Crippen molar-refractivity contribution >= 4 is 15.9 Å². The first-order valence-corrected chi connectivity index (χ1v) is 8.40. The van der Waals surface area contributed by atoms with Crippen LogP contribution in [0.5, 0.6) is 0 Å². The molecule has 108 valence electrons. The molecular weight excluding hydrogens is 276 g/mol. The summed E-state index contributed by atoms with van der Waals surface area (Å²) in [4.78, 5) is 12.4. The van der Waals surface area contributed by atoms with Crippen LogP contribution in [-0.2, 0) is 14.8 Å². The van der Waals surface area contributed by atoms with Crippen LogP contribution >= 0.6 is 0 Å². The van der Waals surface area contributed by atoms with E-state index in [4.69, 9.17) is 0 Å². The molecule has 2 aliphatic rings. The summed E-state index contributed by atoms with van der Waals surface area (Å²) in [6.07, 6.45) is 3.34. The van der Waals surface area contributed by atoms with E-state index in [2.05, 4.69) is 5.32 Å². The van der Waals surface area contributed by atoms with E-state index in [1.54, 1.807) is 30.3 Å². The fourth-order valence-corrected chi connectivity index (χ4v) is 4.22. The zero-order valence-corrected chi connectivity index (χ0v) is 12.0. The van der Waals surface area contributed by atoms with Gasteiger partial charge in [0.05, 0.1) is 4.90 Å². The van der Waals surface area contributed by atoms with Crippen LogP contribution in [0.15, 0.2) is 35.2 Å². The smallest absolute Gasteiger partial charge is 0.243 e. The van der Waals surface area contributed by atoms with E-state index in [1.165, 1.54) is 4.31 Å². The molecule has 20 heavy (non-hydrogen) atoms. The Hall–Kier alpha value is -1.40. The highest BCUT2D eigenvalue weighted by atomic mass is 32.2. The number of carbonyl (C=O) groups is 1. The van der Waals surface area contributed by atoms with Crippen molar-refractivity contribution in [2.24, 2.45) is 0 Å².